The van der Waals surface area contributed by atoms with Crippen molar-refractivity contribution in [3.63, 3.8) is 0 Å². The molecule has 110 valence electrons. The highest BCUT2D eigenvalue weighted by atomic mass is 79.9. The summed E-state index contributed by atoms with van der Waals surface area (Å²) in [6, 6.07) is 8.99. The molecule has 1 amide bonds. The average molecular weight is 349 g/mol. The van der Waals surface area contributed by atoms with Crippen LogP contribution in [0, 0.1) is 13.8 Å². The quantitative estimate of drug-likeness (QED) is 0.826. The second kappa shape index (κ2) is 6.18. The van der Waals surface area contributed by atoms with Crippen LogP contribution in [-0.4, -0.2) is 13.0 Å². The van der Waals surface area contributed by atoms with E-state index in [2.05, 4.69) is 21.2 Å². The Labute approximate surface area is 132 Å². The number of nitrogen functional groups attached to an aromatic ring is 1. The maximum absolute atomic E-state index is 12.4. The van der Waals surface area contributed by atoms with Crippen molar-refractivity contribution in [2.45, 2.75) is 13.8 Å². The van der Waals surface area contributed by atoms with E-state index in [0.717, 1.165) is 15.6 Å². The number of ether oxygens (including phenoxy) is 1. The molecule has 2 aromatic carbocycles. The molecule has 0 bridgehead atoms. The summed E-state index contributed by atoms with van der Waals surface area (Å²) < 4.78 is 6.10. The lowest BCUT2D eigenvalue weighted by Gasteiger charge is -2.13. The minimum Gasteiger partial charge on any atom is -0.496 e. The molecule has 0 atom stereocenters. The van der Waals surface area contributed by atoms with E-state index in [-0.39, 0.29) is 5.91 Å². The highest BCUT2D eigenvalue weighted by molar-refractivity contribution is 9.10. The summed E-state index contributed by atoms with van der Waals surface area (Å²) in [5.74, 6) is 0.283. The Morgan fingerprint density at radius 1 is 1.19 bits per heavy atom. The molecular weight excluding hydrogens is 332 g/mol. The summed E-state index contributed by atoms with van der Waals surface area (Å²) in [5, 5.41) is 2.87. The third kappa shape index (κ3) is 3.36. The topological polar surface area (TPSA) is 64.3 Å². The molecule has 5 heteroatoms. The maximum Gasteiger partial charge on any atom is 0.259 e. The van der Waals surface area contributed by atoms with Gasteiger partial charge < -0.3 is 15.8 Å². The standard InChI is InChI=1S/C16H17BrN2O2/c1-9-6-10(2)14(8-13(9)18)19-16(20)12-5-4-11(17)7-15(12)21-3/h4-8H,18H2,1-3H3,(H,19,20). The summed E-state index contributed by atoms with van der Waals surface area (Å²) in [6.07, 6.45) is 0. The Kier molecular flexibility index (Phi) is 4.53. The number of amides is 1. The first-order chi connectivity index (χ1) is 9.92. The molecule has 4 nitrogen and oxygen atoms in total. The molecule has 2 aromatic rings. The van der Waals surface area contributed by atoms with Crippen LogP contribution in [0.15, 0.2) is 34.8 Å². The molecule has 0 unspecified atom stereocenters. The number of hydrogen-bond donors (Lipinski definition) is 2. The van der Waals surface area contributed by atoms with Gasteiger partial charge in [-0.15, -0.1) is 0 Å². The van der Waals surface area contributed by atoms with E-state index in [4.69, 9.17) is 10.5 Å². The van der Waals surface area contributed by atoms with Crippen molar-refractivity contribution in [1.82, 2.24) is 0 Å². The lowest BCUT2D eigenvalue weighted by atomic mass is 10.1. The Morgan fingerprint density at radius 2 is 1.90 bits per heavy atom. The number of nitrogens with two attached hydrogens (primary N) is 1. The van der Waals surface area contributed by atoms with E-state index in [0.29, 0.717) is 22.7 Å². The SMILES string of the molecule is COc1cc(Br)ccc1C(=O)Nc1cc(N)c(C)cc1C. The van der Waals surface area contributed by atoms with Crippen LogP contribution in [0.1, 0.15) is 21.5 Å². The monoisotopic (exact) mass is 348 g/mol. The van der Waals surface area contributed by atoms with Crippen molar-refractivity contribution < 1.29 is 9.53 Å². The maximum atomic E-state index is 12.4. The van der Waals surface area contributed by atoms with Gasteiger partial charge in [0.2, 0.25) is 0 Å². The number of halogens is 1. The van der Waals surface area contributed by atoms with Gasteiger partial charge in [0, 0.05) is 15.8 Å². The van der Waals surface area contributed by atoms with Crippen LogP contribution in [0.25, 0.3) is 0 Å². The number of benzene rings is 2. The lowest BCUT2D eigenvalue weighted by Crippen LogP contribution is -2.14. The van der Waals surface area contributed by atoms with Gasteiger partial charge in [-0.25, -0.2) is 0 Å². The second-order valence-corrected chi connectivity index (χ2v) is 5.74. The van der Waals surface area contributed by atoms with Crippen LogP contribution in [0.2, 0.25) is 0 Å². The second-order valence-electron chi connectivity index (χ2n) is 4.82. The summed E-state index contributed by atoms with van der Waals surface area (Å²) in [5.41, 5.74) is 9.68. The van der Waals surface area contributed by atoms with Gasteiger partial charge in [-0.3, -0.25) is 4.79 Å². The minimum absolute atomic E-state index is 0.231. The molecule has 0 aliphatic heterocycles. The number of aryl methyl sites for hydroxylation is 2. The number of hydrogen-bond acceptors (Lipinski definition) is 3. The van der Waals surface area contributed by atoms with E-state index in [9.17, 15) is 4.79 Å². The van der Waals surface area contributed by atoms with E-state index in [1.165, 1.54) is 7.11 Å². The zero-order chi connectivity index (χ0) is 15.6. The minimum atomic E-state index is -0.231. The molecule has 0 spiro atoms. The molecule has 3 N–H and O–H groups in total. The van der Waals surface area contributed by atoms with Crippen molar-refractivity contribution in [3.05, 3.63) is 51.5 Å². The van der Waals surface area contributed by atoms with E-state index < -0.39 is 0 Å². The van der Waals surface area contributed by atoms with Gasteiger partial charge >= 0.3 is 0 Å². The summed E-state index contributed by atoms with van der Waals surface area (Å²) in [6.45, 7) is 3.87. The number of anilines is 2. The fraction of sp³-hybridized carbons (Fsp3) is 0.188. The van der Waals surface area contributed by atoms with E-state index in [1.54, 1.807) is 24.3 Å². The van der Waals surface area contributed by atoms with Crippen LogP contribution < -0.4 is 15.8 Å². The zero-order valence-electron chi connectivity index (χ0n) is 12.2. The molecule has 0 saturated heterocycles. The van der Waals surface area contributed by atoms with Crippen LogP contribution in [0.3, 0.4) is 0 Å². The van der Waals surface area contributed by atoms with Crippen LogP contribution in [-0.2, 0) is 0 Å². The normalized spacial score (nSPS) is 10.3. The molecular formula is C16H17BrN2O2. The van der Waals surface area contributed by atoms with Crippen molar-refractivity contribution >= 4 is 33.2 Å². The van der Waals surface area contributed by atoms with Gasteiger partial charge in [-0.2, -0.15) is 0 Å². The molecule has 0 radical (unpaired) electrons. The van der Waals surface area contributed by atoms with E-state index >= 15 is 0 Å². The van der Waals surface area contributed by atoms with Gasteiger partial charge in [-0.1, -0.05) is 22.0 Å². The Morgan fingerprint density at radius 3 is 2.57 bits per heavy atom. The summed E-state index contributed by atoms with van der Waals surface area (Å²) >= 11 is 3.35. The Hall–Kier alpha value is -2.01. The van der Waals surface area contributed by atoms with Crippen LogP contribution >= 0.6 is 15.9 Å². The van der Waals surface area contributed by atoms with Crippen LogP contribution in [0.4, 0.5) is 11.4 Å². The molecule has 0 saturated carbocycles. The summed E-state index contributed by atoms with van der Waals surface area (Å²) in [7, 11) is 1.54. The lowest BCUT2D eigenvalue weighted by molar-refractivity contribution is 0.102. The smallest absolute Gasteiger partial charge is 0.259 e. The number of carbonyl (C=O) groups excluding carboxylic acids is 1. The molecule has 0 heterocycles. The van der Waals surface area contributed by atoms with Gasteiger partial charge in [-0.05, 0) is 49.2 Å². The molecule has 0 aromatic heterocycles. The third-order valence-electron chi connectivity index (χ3n) is 3.27. The largest absolute Gasteiger partial charge is 0.496 e. The first kappa shape index (κ1) is 15.4. The van der Waals surface area contributed by atoms with Crippen molar-refractivity contribution in [3.8, 4) is 5.75 Å². The Balaban J connectivity index is 2.32. The van der Waals surface area contributed by atoms with E-state index in [1.807, 2.05) is 19.9 Å². The van der Waals surface area contributed by atoms with Gasteiger partial charge in [0.15, 0.2) is 0 Å². The molecule has 0 fully saturated rings. The fourth-order valence-corrected chi connectivity index (χ4v) is 2.39. The van der Waals surface area contributed by atoms with Crippen LogP contribution in [0.5, 0.6) is 5.75 Å². The zero-order valence-corrected chi connectivity index (χ0v) is 13.7. The fourth-order valence-electron chi connectivity index (χ4n) is 2.05. The van der Waals surface area contributed by atoms with Crippen molar-refractivity contribution in [2.24, 2.45) is 0 Å². The average Bonchev–Trinajstić information content (AvgIpc) is 2.44. The number of carbonyl (C=O) groups is 1. The highest BCUT2D eigenvalue weighted by Crippen LogP contribution is 2.26. The Bertz CT molecular complexity index is 699. The predicted octanol–water partition coefficient (Wildman–Crippen LogP) is 3.91. The van der Waals surface area contributed by atoms with Gasteiger partial charge in [0.05, 0.1) is 12.7 Å². The van der Waals surface area contributed by atoms with Crippen molar-refractivity contribution in [2.75, 3.05) is 18.2 Å². The summed E-state index contributed by atoms with van der Waals surface area (Å²) in [4.78, 5) is 12.4. The predicted molar refractivity (Wildman–Crippen MR) is 89.0 cm³/mol. The number of methoxy groups -OCH3 is 1. The van der Waals surface area contributed by atoms with Crippen molar-refractivity contribution in [1.29, 1.82) is 0 Å². The third-order valence-corrected chi connectivity index (χ3v) is 3.76. The molecule has 0 aliphatic rings. The molecule has 21 heavy (non-hydrogen) atoms. The number of nitrogens with one attached hydrogen (secondary N) is 1. The van der Waals surface area contributed by atoms with Gasteiger partial charge in [0.25, 0.3) is 5.91 Å². The number of rotatable bonds is 3. The first-order valence-electron chi connectivity index (χ1n) is 6.44. The highest BCUT2D eigenvalue weighted by Gasteiger charge is 2.14. The first-order valence-corrected chi connectivity index (χ1v) is 7.23. The van der Waals surface area contributed by atoms with Gasteiger partial charge in [0.1, 0.15) is 5.75 Å². The molecule has 2 rings (SSSR count). The molecule has 0 aliphatic carbocycles.